The molecule has 0 saturated heterocycles. The van der Waals surface area contributed by atoms with Gasteiger partial charge in [0, 0.05) is 31.9 Å². The van der Waals surface area contributed by atoms with Crippen LogP contribution in [0.3, 0.4) is 0 Å². The minimum absolute atomic E-state index is 0.547. The number of nitrogens with one attached hydrogen (secondary N) is 1. The molecular weight excluding hydrogens is 254 g/mol. The Morgan fingerprint density at radius 2 is 2.37 bits per heavy atom. The number of imidazole rings is 1. The SMILES string of the molecule is CCCNC(CCc1nccn1C)Cc1ccsc1. The first kappa shape index (κ1) is 14.3. The highest BCUT2D eigenvalue weighted by molar-refractivity contribution is 7.07. The summed E-state index contributed by atoms with van der Waals surface area (Å²) in [7, 11) is 2.07. The van der Waals surface area contributed by atoms with Crippen LogP contribution in [0.15, 0.2) is 29.2 Å². The molecular formula is C15H23N3S. The number of thiophene rings is 1. The normalized spacial score (nSPS) is 12.7. The van der Waals surface area contributed by atoms with Crippen molar-refractivity contribution in [3.8, 4) is 0 Å². The molecule has 1 N–H and O–H groups in total. The minimum Gasteiger partial charge on any atom is -0.338 e. The summed E-state index contributed by atoms with van der Waals surface area (Å²) in [5.74, 6) is 1.17. The first-order valence-electron chi connectivity index (χ1n) is 7.00. The summed E-state index contributed by atoms with van der Waals surface area (Å²) in [6, 6.07) is 2.78. The quantitative estimate of drug-likeness (QED) is 0.804. The lowest BCUT2D eigenvalue weighted by Gasteiger charge is -2.18. The topological polar surface area (TPSA) is 29.9 Å². The van der Waals surface area contributed by atoms with E-state index in [4.69, 9.17) is 0 Å². The van der Waals surface area contributed by atoms with E-state index in [0.717, 1.165) is 25.8 Å². The zero-order valence-corrected chi connectivity index (χ0v) is 12.6. The molecule has 104 valence electrons. The minimum atomic E-state index is 0.547. The number of rotatable bonds is 8. The first-order chi connectivity index (χ1) is 9.29. The van der Waals surface area contributed by atoms with Crippen molar-refractivity contribution in [1.29, 1.82) is 0 Å². The van der Waals surface area contributed by atoms with Crippen molar-refractivity contribution >= 4 is 11.3 Å². The van der Waals surface area contributed by atoms with Crippen molar-refractivity contribution in [3.05, 3.63) is 40.6 Å². The molecule has 0 amide bonds. The van der Waals surface area contributed by atoms with Crippen molar-refractivity contribution in [2.75, 3.05) is 6.54 Å². The van der Waals surface area contributed by atoms with Crippen LogP contribution in [0.4, 0.5) is 0 Å². The van der Waals surface area contributed by atoms with E-state index in [2.05, 4.69) is 45.7 Å². The summed E-state index contributed by atoms with van der Waals surface area (Å²) >= 11 is 1.78. The molecule has 0 aliphatic rings. The first-order valence-corrected chi connectivity index (χ1v) is 7.94. The number of aryl methyl sites for hydroxylation is 2. The second-order valence-corrected chi connectivity index (χ2v) is 5.76. The fourth-order valence-corrected chi connectivity index (χ4v) is 2.94. The van der Waals surface area contributed by atoms with E-state index in [1.54, 1.807) is 11.3 Å². The van der Waals surface area contributed by atoms with Gasteiger partial charge < -0.3 is 9.88 Å². The van der Waals surface area contributed by atoms with Gasteiger partial charge >= 0.3 is 0 Å². The van der Waals surface area contributed by atoms with Gasteiger partial charge in [-0.15, -0.1) is 0 Å². The standard InChI is InChI=1S/C15H23N3S/c1-3-7-16-14(11-13-6-10-19-12-13)4-5-15-17-8-9-18(15)2/h6,8-10,12,14,16H,3-5,7,11H2,1-2H3. The van der Waals surface area contributed by atoms with E-state index < -0.39 is 0 Å². The van der Waals surface area contributed by atoms with Crippen molar-refractivity contribution in [3.63, 3.8) is 0 Å². The Morgan fingerprint density at radius 3 is 3.00 bits per heavy atom. The molecule has 2 aromatic heterocycles. The molecule has 0 aliphatic carbocycles. The fourth-order valence-electron chi connectivity index (χ4n) is 2.26. The number of aromatic nitrogens is 2. The third-order valence-electron chi connectivity index (χ3n) is 3.38. The summed E-state index contributed by atoms with van der Waals surface area (Å²) in [6.07, 6.45) is 8.37. The van der Waals surface area contributed by atoms with Crippen LogP contribution in [0.2, 0.25) is 0 Å². The number of nitrogens with zero attached hydrogens (tertiary/aromatic N) is 2. The van der Waals surface area contributed by atoms with Gasteiger partial charge in [-0.1, -0.05) is 6.92 Å². The molecule has 2 heterocycles. The van der Waals surface area contributed by atoms with Gasteiger partial charge in [-0.25, -0.2) is 4.98 Å². The van der Waals surface area contributed by atoms with Crippen LogP contribution in [0.25, 0.3) is 0 Å². The molecule has 0 radical (unpaired) electrons. The molecule has 1 atom stereocenters. The lowest BCUT2D eigenvalue weighted by Crippen LogP contribution is -2.32. The lowest BCUT2D eigenvalue weighted by atomic mass is 10.0. The van der Waals surface area contributed by atoms with E-state index in [-0.39, 0.29) is 0 Å². The van der Waals surface area contributed by atoms with E-state index >= 15 is 0 Å². The van der Waals surface area contributed by atoms with Crippen LogP contribution in [0.5, 0.6) is 0 Å². The average molecular weight is 277 g/mol. The maximum absolute atomic E-state index is 4.40. The fraction of sp³-hybridized carbons (Fsp3) is 0.533. The van der Waals surface area contributed by atoms with Crippen LogP contribution in [-0.4, -0.2) is 22.1 Å². The molecule has 1 unspecified atom stereocenters. The van der Waals surface area contributed by atoms with E-state index in [0.29, 0.717) is 6.04 Å². The van der Waals surface area contributed by atoms with Crippen LogP contribution in [0.1, 0.15) is 31.2 Å². The summed E-state index contributed by atoms with van der Waals surface area (Å²) in [6.45, 7) is 3.31. The van der Waals surface area contributed by atoms with E-state index in [9.17, 15) is 0 Å². The van der Waals surface area contributed by atoms with Gasteiger partial charge in [-0.05, 0) is 48.2 Å². The molecule has 0 aliphatic heterocycles. The van der Waals surface area contributed by atoms with Crippen LogP contribution < -0.4 is 5.32 Å². The Hall–Kier alpha value is -1.13. The number of hydrogen-bond donors (Lipinski definition) is 1. The van der Waals surface area contributed by atoms with Gasteiger partial charge in [0.2, 0.25) is 0 Å². The zero-order chi connectivity index (χ0) is 13.5. The molecule has 0 spiro atoms. The Morgan fingerprint density at radius 1 is 1.47 bits per heavy atom. The molecule has 0 saturated carbocycles. The van der Waals surface area contributed by atoms with E-state index in [1.807, 2.05) is 12.4 Å². The molecule has 0 bridgehead atoms. The third-order valence-corrected chi connectivity index (χ3v) is 4.11. The van der Waals surface area contributed by atoms with Crippen LogP contribution in [-0.2, 0) is 19.9 Å². The van der Waals surface area contributed by atoms with Gasteiger partial charge in [0.25, 0.3) is 0 Å². The second-order valence-electron chi connectivity index (χ2n) is 4.98. The van der Waals surface area contributed by atoms with Crippen molar-refractivity contribution < 1.29 is 0 Å². The smallest absolute Gasteiger partial charge is 0.108 e. The Labute approximate surface area is 119 Å². The molecule has 2 rings (SSSR count). The van der Waals surface area contributed by atoms with Crippen LogP contribution in [0, 0.1) is 0 Å². The molecule has 3 nitrogen and oxygen atoms in total. The highest BCUT2D eigenvalue weighted by atomic mass is 32.1. The Kier molecular flexibility index (Phi) is 5.61. The molecule has 2 aromatic rings. The molecule has 0 aromatic carbocycles. The predicted molar refractivity (Wildman–Crippen MR) is 81.6 cm³/mol. The van der Waals surface area contributed by atoms with E-state index in [1.165, 1.54) is 17.8 Å². The Balaban J connectivity index is 1.88. The van der Waals surface area contributed by atoms with Gasteiger partial charge in [0.15, 0.2) is 0 Å². The van der Waals surface area contributed by atoms with Gasteiger partial charge in [0.1, 0.15) is 5.82 Å². The number of hydrogen-bond acceptors (Lipinski definition) is 3. The highest BCUT2D eigenvalue weighted by Crippen LogP contribution is 2.12. The summed E-state index contributed by atoms with van der Waals surface area (Å²) in [4.78, 5) is 4.40. The largest absolute Gasteiger partial charge is 0.338 e. The summed E-state index contributed by atoms with van der Waals surface area (Å²) in [5, 5.41) is 8.07. The Bertz CT molecular complexity index is 461. The average Bonchev–Trinajstić information content (AvgIpc) is 3.04. The monoisotopic (exact) mass is 277 g/mol. The summed E-state index contributed by atoms with van der Waals surface area (Å²) < 4.78 is 2.11. The maximum atomic E-state index is 4.40. The van der Waals surface area contributed by atoms with Gasteiger partial charge in [-0.3, -0.25) is 0 Å². The van der Waals surface area contributed by atoms with Crippen molar-refractivity contribution in [2.24, 2.45) is 7.05 Å². The van der Waals surface area contributed by atoms with Gasteiger partial charge in [0.05, 0.1) is 0 Å². The van der Waals surface area contributed by atoms with Crippen molar-refractivity contribution in [2.45, 2.75) is 38.6 Å². The van der Waals surface area contributed by atoms with Crippen LogP contribution >= 0.6 is 11.3 Å². The summed E-state index contributed by atoms with van der Waals surface area (Å²) in [5.41, 5.74) is 1.44. The molecule has 19 heavy (non-hydrogen) atoms. The third kappa shape index (κ3) is 4.48. The zero-order valence-electron chi connectivity index (χ0n) is 11.8. The highest BCUT2D eigenvalue weighted by Gasteiger charge is 2.11. The predicted octanol–water partition coefficient (Wildman–Crippen LogP) is 3.03. The molecule has 4 heteroatoms. The van der Waals surface area contributed by atoms with Gasteiger partial charge in [-0.2, -0.15) is 11.3 Å². The second kappa shape index (κ2) is 7.46. The molecule has 0 fully saturated rings. The maximum Gasteiger partial charge on any atom is 0.108 e. The van der Waals surface area contributed by atoms with Crippen molar-refractivity contribution in [1.82, 2.24) is 14.9 Å². The lowest BCUT2D eigenvalue weighted by molar-refractivity contribution is 0.471.